The van der Waals surface area contributed by atoms with Gasteiger partial charge in [0.2, 0.25) is 0 Å². The van der Waals surface area contributed by atoms with Crippen molar-refractivity contribution < 1.29 is 22.7 Å². The van der Waals surface area contributed by atoms with Crippen LogP contribution < -0.4 is 19.1 Å². The van der Waals surface area contributed by atoms with E-state index in [0.29, 0.717) is 11.4 Å². The van der Waals surface area contributed by atoms with E-state index >= 15 is 0 Å². The lowest BCUT2D eigenvalue weighted by molar-refractivity contribution is -0.127. The van der Waals surface area contributed by atoms with E-state index in [-0.39, 0.29) is 18.0 Å². The molecule has 8 heteroatoms. The molecule has 31 heavy (non-hydrogen) atoms. The molecule has 1 unspecified atom stereocenters. The fourth-order valence-corrected chi connectivity index (χ4v) is 4.83. The topological polar surface area (TPSA) is 84.9 Å². The van der Waals surface area contributed by atoms with E-state index in [1.54, 1.807) is 49.6 Å². The van der Waals surface area contributed by atoms with Crippen LogP contribution in [-0.2, 0) is 21.4 Å². The summed E-state index contributed by atoms with van der Waals surface area (Å²) in [4.78, 5) is 13.0. The van der Waals surface area contributed by atoms with Crippen LogP contribution in [0, 0.1) is 0 Å². The predicted molar refractivity (Wildman–Crippen MR) is 117 cm³/mol. The summed E-state index contributed by atoms with van der Waals surface area (Å²) >= 11 is 0. The highest BCUT2D eigenvalue weighted by atomic mass is 32.2. The number of anilines is 1. The van der Waals surface area contributed by atoms with Crippen LogP contribution in [0.25, 0.3) is 0 Å². The second kappa shape index (κ2) is 8.69. The zero-order chi connectivity index (χ0) is 21.8. The fourth-order valence-electron chi connectivity index (χ4n) is 3.33. The molecule has 1 aliphatic heterocycles. The van der Waals surface area contributed by atoms with Crippen molar-refractivity contribution in [3.8, 4) is 11.5 Å². The van der Waals surface area contributed by atoms with Crippen molar-refractivity contribution in [2.45, 2.75) is 17.5 Å². The molecule has 4 rings (SSSR count). The van der Waals surface area contributed by atoms with Gasteiger partial charge in [0, 0.05) is 6.54 Å². The third kappa shape index (κ3) is 4.34. The van der Waals surface area contributed by atoms with Crippen LogP contribution in [0.5, 0.6) is 11.5 Å². The van der Waals surface area contributed by atoms with Crippen molar-refractivity contribution >= 4 is 21.6 Å². The lowest BCUT2D eigenvalue weighted by Gasteiger charge is -2.34. The van der Waals surface area contributed by atoms with Crippen molar-refractivity contribution in [3.63, 3.8) is 0 Å². The number of ether oxygens (including phenoxy) is 2. The first-order valence-electron chi connectivity index (χ1n) is 9.73. The maximum absolute atomic E-state index is 13.3. The summed E-state index contributed by atoms with van der Waals surface area (Å²) in [6.07, 6.45) is -0.980. The first-order valence-corrected chi connectivity index (χ1v) is 11.2. The molecule has 0 saturated heterocycles. The molecule has 1 atom stereocenters. The number of rotatable bonds is 6. The SMILES string of the molecule is COc1ccc(CNC(=O)C2CN(S(=O)(=O)c3ccccc3)c3ccccc3O2)cc1. The summed E-state index contributed by atoms with van der Waals surface area (Å²) in [7, 11) is -2.27. The van der Waals surface area contributed by atoms with Crippen molar-refractivity contribution in [1.82, 2.24) is 5.32 Å². The highest BCUT2D eigenvalue weighted by Gasteiger charge is 2.37. The Labute approximate surface area is 181 Å². The number of amides is 1. The summed E-state index contributed by atoms with van der Waals surface area (Å²) in [5, 5.41) is 2.82. The van der Waals surface area contributed by atoms with Gasteiger partial charge in [-0.05, 0) is 42.0 Å². The molecule has 0 bridgehead atoms. The van der Waals surface area contributed by atoms with Gasteiger partial charge in [0.25, 0.3) is 15.9 Å². The van der Waals surface area contributed by atoms with E-state index in [0.717, 1.165) is 11.3 Å². The monoisotopic (exact) mass is 438 g/mol. The molecule has 3 aromatic carbocycles. The van der Waals surface area contributed by atoms with Gasteiger partial charge >= 0.3 is 0 Å². The molecule has 0 radical (unpaired) electrons. The van der Waals surface area contributed by atoms with E-state index in [1.807, 2.05) is 24.3 Å². The number of benzene rings is 3. The smallest absolute Gasteiger partial charge is 0.264 e. The Hall–Kier alpha value is -3.52. The van der Waals surface area contributed by atoms with Crippen LogP contribution in [0.15, 0.2) is 83.8 Å². The number of nitrogens with zero attached hydrogens (tertiary/aromatic N) is 1. The molecular weight excluding hydrogens is 416 g/mol. The number of sulfonamides is 1. The van der Waals surface area contributed by atoms with Gasteiger partial charge in [0.15, 0.2) is 6.10 Å². The number of fused-ring (bicyclic) bond motifs is 1. The van der Waals surface area contributed by atoms with Crippen LogP contribution >= 0.6 is 0 Å². The molecule has 7 nitrogen and oxygen atoms in total. The largest absolute Gasteiger partial charge is 0.497 e. The van der Waals surface area contributed by atoms with Gasteiger partial charge in [-0.15, -0.1) is 0 Å². The number of hydrogen-bond acceptors (Lipinski definition) is 5. The molecule has 1 aliphatic rings. The average Bonchev–Trinajstić information content (AvgIpc) is 2.82. The van der Waals surface area contributed by atoms with Crippen molar-refractivity contribution in [3.05, 3.63) is 84.4 Å². The summed E-state index contributed by atoms with van der Waals surface area (Å²) < 4.78 is 38.8. The van der Waals surface area contributed by atoms with E-state index in [9.17, 15) is 13.2 Å². The first kappa shape index (κ1) is 20.7. The minimum atomic E-state index is -3.86. The molecule has 0 saturated carbocycles. The van der Waals surface area contributed by atoms with Crippen LogP contribution in [0.2, 0.25) is 0 Å². The summed E-state index contributed by atoms with van der Waals surface area (Å²) in [6, 6.07) is 22.3. The Bertz CT molecular complexity index is 1160. The Kier molecular flexibility index (Phi) is 5.81. The highest BCUT2D eigenvalue weighted by molar-refractivity contribution is 7.92. The van der Waals surface area contributed by atoms with Crippen molar-refractivity contribution in [2.24, 2.45) is 0 Å². The molecule has 1 heterocycles. The van der Waals surface area contributed by atoms with Gasteiger partial charge in [0.05, 0.1) is 24.2 Å². The van der Waals surface area contributed by atoms with Gasteiger partial charge in [-0.25, -0.2) is 8.42 Å². The molecule has 0 aromatic heterocycles. The number of hydrogen-bond donors (Lipinski definition) is 1. The van der Waals surface area contributed by atoms with Gasteiger partial charge in [-0.1, -0.05) is 42.5 Å². The van der Waals surface area contributed by atoms with Crippen LogP contribution in [-0.4, -0.2) is 34.1 Å². The Morgan fingerprint density at radius 3 is 2.42 bits per heavy atom. The van der Waals surface area contributed by atoms with E-state index in [1.165, 1.54) is 16.4 Å². The van der Waals surface area contributed by atoms with Crippen molar-refractivity contribution in [2.75, 3.05) is 18.0 Å². The van der Waals surface area contributed by atoms with E-state index in [4.69, 9.17) is 9.47 Å². The summed E-state index contributed by atoms with van der Waals surface area (Å²) in [5.74, 6) is 0.681. The fraction of sp³-hybridized carbons (Fsp3) is 0.174. The van der Waals surface area contributed by atoms with Crippen LogP contribution in [0.3, 0.4) is 0 Å². The molecule has 160 valence electrons. The molecule has 1 N–H and O–H groups in total. The zero-order valence-electron chi connectivity index (χ0n) is 16.9. The van der Waals surface area contributed by atoms with Crippen LogP contribution in [0.1, 0.15) is 5.56 Å². The van der Waals surface area contributed by atoms with E-state index < -0.39 is 22.0 Å². The zero-order valence-corrected chi connectivity index (χ0v) is 17.7. The molecule has 3 aromatic rings. The quantitative estimate of drug-likeness (QED) is 0.640. The van der Waals surface area contributed by atoms with E-state index in [2.05, 4.69) is 5.32 Å². The number of methoxy groups -OCH3 is 1. The Morgan fingerprint density at radius 2 is 1.71 bits per heavy atom. The number of para-hydroxylation sites is 2. The average molecular weight is 439 g/mol. The summed E-state index contributed by atoms with van der Waals surface area (Å²) in [5.41, 5.74) is 1.30. The molecule has 0 aliphatic carbocycles. The lowest BCUT2D eigenvalue weighted by Crippen LogP contribution is -2.50. The molecular formula is C23H22N2O5S. The van der Waals surface area contributed by atoms with Gasteiger partial charge in [-0.2, -0.15) is 0 Å². The maximum Gasteiger partial charge on any atom is 0.264 e. The summed E-state index contributed by atoms with van der Waals surface area (Å²) in [6.45, 7) is 0.165. The standard InChI is InChI=1S/C23H22N2O5S/c1-29-18-13-11-17(12-14-18)15-24-23(26)22-16-25(20-9-5-6-10-21(20)30-22)31(27,28)19-7-3-2-4-8-19/h2-14,22H,15-16H2,1H3,(H,24,26). The lowest BCUT2D eigenvalue weighted by atomic mass is 10.2. The third-order valence-electron chi connectivity index (χ3n) is 4.98. The van der Waals surface area contributed by atoms with Gasteiger partial charge in [0.1, 0.15) is 11.5 Å². The van der Waals surface area contributed by atoms with Gasteiger partial charge < -0.3 is 14.8 Å². The highest BCUT2D eigenvalue weighted by Crippen LogP contribution is 2.36. The molecule has 0 fully saturated rings. The Morgan fingerprint density at radius 1 is 1.03 bits per heavy atom. The number of carbonyl (C=O) groups is 1. The van der Waals surface area contributed by atoms with Crippen LogP contribution in [0.4, 0.5) is 5.69 Å². The Balaban J connectivity index is 1.55. The molecule has 1 amide bonds. The van der Waals surface area contributed by atoms with Crippen molar-refractivity contribution in [1.29, 1.82) is 0 Å². The minimum absolute atomic E-state index is 0.122. The first-order chi connectivity index (χ1) is 15.0. The third-order valence-corrected chi connectivity index (χ3v) is 6.78. The predicted octanol–water partition coefficient (Wildman–Crippen LogP) is 2.97. The number of nitrogens with one attached hydrogen (secondary N) is 1. The van der Waals surface area contributed by atoms with Gasteiger partial charge in [-0.3, -0.25) is 9.10 Å². The number of carbonyl (C=O) groups excluding carboxylic acids is 1. The maximum atomic E-state index is 13.3. The second-order valence-electron chi connectivity index (χ2n) is 6.99. The second-order valence-corrected chi connectivity index (χ2v) is 8.85. The minimum Gasteiger partial charge on any atom is -0.497 e. The molecule has 0 spiro atoms. The normalized spacial score (nSPS) is 15.5.